The summed E-state index contributed by atoms with van der Waals surface area (Å²) in [4.78, 5) is 12.0. The second-order valence-electron chi connectivity index (χ2n) is 4.17. The number of hydrogen-bond acceptors (Lipinski definition) is 2. The first-order valence-electron chi connectivity index (χ1n) is 5.87. The predicted octanol–water partition coefficient (Wildman–Crippen LogP) is 2.85. The highest BCUT2D eigenvalue weighted by Crippen LogP contribution is 2.17. The molecule has 0 radical (unpaired) electrons. The topological polar surface area (TPSA) is 43.1 Å². The van der Waals surface area contributed by atoms with Crippen LogP contribution in [0.15, 0.2) is 42.5 Å². The quantitative estimate of drug-likeness (QED) is 0.860. The minimum Gasteiger partial charge on any atom is -0.326 e. The lowest BCUT2D eigenvalue weighted by Crippen LogP contribution is -2.11. The Morgan fingerprint density at radius 3 is 2.11 bits per heavy atom. The van der Waals surface area contributed by atoms with Gasteiger partial charge in [-0.15, -0.1) is 0 Å². The van der Waals surface area contributed by atoms with Crippen LogP contribution in [0.3, 0.4) is 0 Å². The standard InChI is InChI=1S/C15H13F2NO/c16-12-6-3-7-13(17)15(12)14(19)8-10-4-1-2-5-11(10)9-18/h1-7H,8-9,18H2. The third-order valence-corrected chi connectivity index (χ3v) is 2.93. The Bertz CT molecular complexity index is 591. The Morgan fingerprint density at radius 2 is 1.53 bits per heavy atom. The van der Waals surface area contributed by atoms with Crippen LogP contribution in [0.25, 0.3) is 0 Å². The van der Waals surface area contributed by atoms with Gasteiger partial charge in [0.1, 0.15) is 11.6 Å². The number of nitrogens with two attached hydrogens (primary N) is 1. The maximum Gasteiger partial charge on any atom is 0.173 e. The molecule has 0 amide bonds. The Balaban J connectivity index is 2.31. The molecule has 0 aliphatic carbocycles. The van der Waals surface area contributed by atoms with Gasteiger partial charge in [0.2, 0.25) is 0 Å². The number of carbonyl (C=O) groups is 1. The molecular weight excluding hydrogens is 248 g/mol. The molecular formula is C15H13F2NO. The van der Waals surface area contributed by atoms with Crippen LogP contribution in [0.2, 0.25) is 0 Å². The molecule has 0 atom stereocenters. The van der Waals surface area contributed by atoms with Gasteiger partial charge in [-0.3, -0.25) is 4.79 Å². The van der Waals surface area contributed by atoms with E-state index in [1.54, 1.807) is 24.3 Å². The lowest BCUT2D eigenvalue weighted by atomic mass is 9.98. The fourth-order valence-electron chi connectivity index (χ4n) is 1.95. The third-order valence-electron chi connectivity index (χ3n) is 2.93. The molecule has 0 spiro atoms. The summed E-state index contributed by atoms with van der Waals surface area (Å²) in [7, 11) is 0. The zero-order valence-corrected chi connectivity index (χ0v) is 10.2. The highest BCUT2D eigenvalue weighted by molar-refractivity contribution is 5.98. The van der Waals surface area contributed by atoms with Crippen molar-refractivity contribution < 1.29 is 13.6 Å². The second kappa shape index (κ2) is 5.71. The summed E-state index contributed by atoms with van der Waals surface area (Å²) in [6, 6.07) is 10.5. The van der Waals surface area contributed by atoms with Gasteiger partial charge in [-0.2, -0.15) is 0 Å². The van der Waals surface area contributed by atoms with Crippen LogP contribution in [0, 0.1) is 11.6 Å². The Kier molecular flexibility index (Phi) is 4.02. The van der Waals surface area contributed by atoms with Crippen LogP contribution in [-0.4, -0.2) is 5.78 Å². The third kappa shape index (κ3) is 2.85. The lowest BCUT2D eigenvalue weighted by molar-refractivity contribution is 0.0984. The zero-order chi connectivity index (χ0) is 13.8. The molecule has 0 aliphatic rings. The fraction of sp³-hybridized carbons (Fsp3) is 0.133. The van der Waals surface area contributed by atoms with E-state index in [0.717, 1.165) is 17.7 Å². The largest absolute Gasteiger partial charge is 0.326 e. The van der Waals surface area contributed by atoms with Gasteiger partial charge >= 0.3 is 0 Å². The molecule has 0 aromatic heterocycles. The summed E-state index contributed by atoms with van der Waals surface area (Å²) in [5, 5.41) is 0. The summed E-state index contributed by atoms with van der Waals surface area (Å²) < 4.78 is 27.0. The molecule has 19 heavy (non-hydrogen) atoms. The van der Waals surface area contributed by atoms with Crippen LogP contribution < -0.4 is 5.73 Å². The van der Waals surface area contributed by atoms with E-state index in [0.29, 0.717) is 5.56 Å². The van der Waals surface area contributed by atoms with Crippen molar-refractivity contribution in [3.8, 4) is 0 Å². The summed E-state index contributed by atoms with van der Waals surface area (Å²) in [5.74, 6) is -2.26. The Morgan fingerprint density at radius 1 is 0.947 bits per heavy atom. The van der Waals surface area contributed by atoms with Gasteiger partial charge in [0.15, 0.2) is 5.78 Å². The molecule has 2 N–H and O–H groups in total. The van der Waals surface area contributed by atoms with Crippen LogP contribution >= 0.6 is 0 Å². The SMILES string of the molecule is NCc1ccccc1CC(=O)c1c(F)cccc1F. The summed E-state index contributed by atoms with van der Waals surface area (Å²) >= 11 is 0. The van der Waals surface area contributed by atoms with Gasteiger partial charge < -0.3 is 5.73 Å². The number of rotatable bonds is 4. The van der Waals surface area contributed by atoms with Crippen molar-refractivity contribution in [2.24, 2.45) is 5.73 Å². The average molecular weight is 261 g/mol. The van der Waals surface area contributed by atoms with Gasteiger partial charge in [-0.05, 0) is 23.3 Å². The molecule has 2 aromatic carbocycles. The van der Waals surface area contributed by atoms with Crippen molar-refractivity contribution in [1.29, 1.82) is 0 Å². The van der Waals surface area contributed by atoms with Gasteiger partial charge in [-0.25, -0.2) is 8.78 Å². The summed E-state index contributed by atoms with van der Waals surface area (Å²) in [6.45, 7) is 0.281. The first-order valence-corrected chi connectivity index (χ1v) is 5.87. The number of carbonyl (C=O) groups excluding carboxylic acids is 1. The summed E-state index contributed by atoms with van der Waals surface area (Å²) in [5.41, 5.74) is 6.56. The van der Waals surface area contributed by atoms with Gasteiger partial charge in [0, 0.05) is 13.0 Å². The Hall–Kier alpha value is -2.07. The molecule has 0 saturated heterocycles. The molecule has 2 rings (SSSR count). The van der Waals surface area contributed by atoms with Crippen molar-refractivity contribution in [3.05, 3.63) is 70.8 Å². The van der Waals surface area contributed by atoms with E-state index in [1.807, 2.05) is 0 Å². The molecule has 0 aliphatic heterocycles. The van der Waals surface area contributed by atoms with Gasteiger partial charge in [0.25, 0.3) is 0 Å². The normalized spacial score (nSPS) is 10.5. The van der Waals surface area contributed by atoms with Crippen LogP contribution in [0.1, 0.15) is 21.5 Å². The molecule has 2 aromatic rings. The van der Waals surface area contributed by atoms with E-state index >= 15 is 0 Å². The number of benzene rings is 2. The highest BCUT2D eigenvalue weighted by atomic mass is 19.1. The molecule has 2 nitrogen and oxygen atoms in total. The fourth-order valence-corrected chi connectivity index (χ4v) is 1.95. The number of halogens is 2. The molecule has 98 valence electrons. The molecule has 0 saturated carbocycles. The van der Waals surface area contributed by atoms with Gasteiger partial charge in [-0.1, -0.05) is 30.3 Å². The number of Topliss-reactive ketones (excluding diaryl/α,β-unsaturated/α-hetero) is 1. The predicted molar refractivity (Wildman–Crippen MR) is 68.7 cm³/mol. The maximum atomic E-state index is 13.5. The second-order valence-corrected chi connectivity index (χ2v) is 4.17. The van der Waals surface area contributed by atoms with E-state index in [2.05, 4.69) is 0 Å². The van der Waals surface area contributed by atoms with Crippen molar-refractivity contribution in [1.82, 2.24) is 0 Å². The number of hydrogen-bond donors (Lipinski definition) is 1. The average Bonchev–Trinajstić information content (AvgIpc) is 2.39. The first-order chi connectivity index (χ1) is 9.13. The monoisotopic (exact) mass is 261 g/mol. The van der Waals surface area contributed by atoms with E-state index in [9.17, 15) is 13.6 Å². The summed E-state index contributed by atoms with van der Waals surface area (Å²) in [6.07, 6.45) is -0.0643. The molecule has 4 heteroatoms. The van der Waals surface area contributed by atoms with Crippen molar-refractivity contribution in [3.63, 3.8) is 0 Å². The minimum atomic E-state index is -0.838. The molecule has 0 fully saturated rings. The first kappa shape index (κ1) is 13.4. The van der Waals surface area contributed by atoms with E-state index < -0.39 is 23.0 Å². The van der Waals surface area contributed by atoms with E-state index in [4.69, 9.17) is 5.73 Å². The smallest absolute Gasteiger partial charge is 0.173 e. The minimum absolute atomic E-state index is 0.0643. The Labute approximate surface area is 109 Å². The molecule has 0 unspecified atom stereocenters. The number of ketones is 1. The van der Waals surface area contributed by atoms with Crippen LogP contribution in [0.4, 0.5) is 8.78 Å². The van der Waals surface area contributed by atoms with Crippen molar-refractivity contribution >= 4 is 5.78 Å². The van der Waals surface area contributed by atoms with Crippen molar-refractivity contribution in [2.45, 2.75) is 13.0 Å². The van der Waals surface area contributed by atoms with Gasteiger partial charge in [0.05, 0.1) is 5.56 Å². The maximum absolute atomic E-state index is 13.5. The van der Waals surface area contributed by atoms with E-state index in [-0.39, 0.29) is 13.0 Å². The van der Waals surface area contributed by atoms with Crippen LogP contribution in [-0.2, 0) is 13.0 Å². The zero-order valence-electron chi connectivity index (χ0n) is 10.2. The van der Waals surface area contributed by atoms with Crippen LogP contribution in [0.5, 0.6) is 0 Å². The van der Waals surface area contributed by atoms with Crippen molar-refractivity contribution in [2.75, 3.05) is 0 Å². The molecule has 0 heterocycles. The lowest BCUT2D eigenvalue weighted by Gasteiger charge is -2.08. The highest BCUT2D eigenvalue weighted by Gasteiger charge is 2.18. The van der Waals surface area contributed by atoms with E-state index in [1.165, 1.54) is 6.07 Å². The molecule has 0 bridgehead atoms.